The first-order valence-corrected chi connectivity index (χ1v) is 6.28. The Morgan fingerprint density at radius 2 is 2.24 bits per heavy atom. The lowest BCUT2D eigenvalue weighted by molar-refractivity contribution is 0.102. The van der Waals surface area contributed by atoms with Crippen molar-refractivity contribution in [3.05, 3.63) is 47.4 Å². The predicted molar refractivity (Wildman–Crippen MR) is 78.4 cm³/mol. The number of ether oxygens (including phenoxy) is 1. The molecule has 1 aromatic carbocycles. The van der Waals surface area contributed by atoms with Gasteiger partial charge in [0, 0.05) is 5.56 Å². The largest absolute Gasteiger partial charge is 0.495 e. The fraction of sp³-hybridized carbons (Fsp3) is 0.188. The lowest BCUT2D eigenvalue weighted by atomic mass is 10.1. The van der Waals surface area contributed by atoms with Gasteiger partial charge < -0.3 is 19.6 Å². The van der Waals surface area contributed by atoms with Gasteiger partial charge in [-0.25, -0.2) is 0 Å². The van der Waals surface area contributed by atoms with E-state index >= 15 is 0 Å². The monoisotopic (exact) mass is 285 g/mol. The summed E-state index contributed by atoms with van der Waals surface area (Å²) < 4.78 is 10.3. The zero-order valence-corrected chi connectivity index (χ0v) is 11.8. The summed E-state index contributed by atoms with van der Waals surface area (Å²) >= 11 is 0. The van der Waals surface area contributed by atoms with Crippen molar-refractivity contribution in [2.24, 2.45) is 0 Å². The number of benzene rings is 1. The minimum Gasteiger partial charge on any atom is -0.495 e. The highest BCUT2D eigenvalue weighted by molar-refractivity contribution is 6.05. The summed E-state index contributed by atoms with van der Waals surface area (Å²) in [7, 11) is 1.52. The molecule has 0 bridgehead atoms. The summed E-state index contributed by atoms with van der Waals surface area (Å²) in [6.45, 7) is 1.55. The Balaban J connectivity index is 2.26. The van der Waals surface area contributed by atoms with Gasteiger partial charge in [0.15, 0.2) is 0 Å². The summed E-state index contributed by atoms with van der Waals surface area (Å²) in [4.78, 5) is 12.1. The Labute approximate surface area is 122 Å². The Bertz CT molecular complexity index is 707. The van der Waals surface area contributed by atoms with E-state index in [1.165, 1.54) is 13.4 Å². The molecule has 108 valence electrons. The molecule has 1 amide bonds. The molecule has 0 saturated carbocycles. The van der Waals surface area contributed by atoms with E-state index in [4.69, 9.17) is 14.3 Å². The number of amides is 1. The number of carbonyl (C=O) groups is 1. The molecule has 2 N–H and O–H groups in total. The molecule has 0 aliphatic carbocycles. The van der Waals surface area contributed by atoms with Crippen molar-refractivity contribution in [2.45, 2.75) is 6.92 Å². The van der Waals surface area contributed by atoms with Crippen LogP contribution in [0.2, 0.25) is 0 Å². The van der Waals surface area contributed by atoms with Gasteiger partial charge in [0.25, 0.3) is 5.91 Å². The highest BCUT2D eigenvalue weighted by Crippen LogP contribution is 2.26. The fourth-order valence-corrected chi connectivity index (χ4v) is 1.78. The highest BCUT2D eigenvalue weighted by Gasteiger charge is 2.12. The molecule has 5 nitrogen and oxygen atoms in total. The van der Waals surface area contributed by atoms with Crippen LogP contribution in [0.4, 0.5) is 5.69 Å². The molecule has 0 aliphatic heterocycles. The van der Waals surface area contributed by atoms with E-state index in [-0.39, 0.29) is 12.5 Å². The van der Waals surface area contributed by atoms with Crippen LogP contribution in [-0.4, -0.2) is 24.7 Å². The van der Waals surface area contributed by atoms with Gasteiger partial charge in [-0.3, -0.25) is 4.79 Å². The van der Waals surface area contributed by atoms with Gasteiger partial charge in [0.05, 0.1) is 18.4 Å². The Hall–Kier alpha value is -2.71. The van der Waals surface area contributed by atoms with Gasteiger partial charge in [-0.05, 0) is 31.2 Å². The number of methoxy groups -OCH3 is 1. The number of aliphatic hydroxyl groups is 1. The Morgan fingerprint density at radius 3 is 2.86 bits per heavy atom. The molecule has 0 unspecified atom stereocenters. The topological polar surface area (TPSA) is 71.7 Å². The molecular formula is C16H15NO4. The van der Waals surface area contributed by atoms with Crippen LogP contribution in [0.1, 0.15) is 21.7 Å². The zero-order chi connectivity index (χ0) is 15.2. The molecule has 0 saturated heterocycles. The molecule has 1 aromatic heterocycles. The number of hydrogen-bond acceptors (Lipinski definition) is 4. The lowest BCUT2D eigenvalue weighted by Crippen LogP contribution is -2.11. The van der Waals surface area contributed by atoms with Crippen molar-refractivity contribution < 1.29 is 19.1 Å². The van der Waals surface area contributed by atoms with Gasteiger partial charge in [0.2, 0.25) is 0 Å². The first kappa shape index (κ1) is 14.7. The van der Waals surface area contributed by atoms with Gasteiger partial charge in [0.1, 0.15) is 24.4 Å². The summed E-state index contributed by atoms with van der Waals surface area (Å²) in [5.41, 5.74) is 1.61. The van der Waals surface area contributed by atoms with E-state index in [0.717, 1.165) is 0 Å². The van der Waals surface area contributed by atoms with Crippen molar-refractivity contribution in [3.63, 3.8) is 0 Å². The van der Waals surface area contributed by atoms with Gasteiger partial charge in [-0.2, -0.15) is 0 Å². The van der Waals surface area contributed by atoms with Crippen LogP contribution in [0.15, 0.2) is 34.9 Å². The molecule has 0 radical (unpaired) electrons. The second-order valence-corrected chi connectivity index (χ2v) is 4.28. The Kier molecular flexibility index (Phi) is 4.64. The number of rotatable bonds is 3. The van der Waals surface area contributed by atoms with Crippen LogP contribution in [0.5, 0.6) is 5.75 Å². The summed E-state index contributed by atoms with van der Waals surface area (Å²) in [6.07, 6.45) is 1.40. The third kappa shape index (κ3) is 3.65. The number of carbonyl (C=O) groups excluding carboxylic acids is 1. The summed E-state index contributed by atoms with van der Waals surface area (Å²) in [5.74, 6) is 6.23. The van der Waals surface area contributed by atoms with Crippen molar-refractivity contribution in [1.29, 1.82) is 0 Å². The van der Waals surface area contributed by atoms with Crippen molar-refractivity contribution in [1.82, 2.24) is 0 Å². The molecule has 0 atom stereocenters. The lowest BCUT2D eigenvalue weighted by Gasteiger charge is -2.09. The minimum absolute atomic E-state index is 0.220. The van der Waals surface area contributed by atoms with Crippen LogP contribution in [0.25, 0.3) is 0 Å². The predicted octanol–water partition coefficient (Wildman–Crippen LogP) is 2.19. The summed E-state index contributed by atoms with van der Waals surface area (Å²) in [6, 6.07) is 6.79. The van der Waals surface area contributed by atoms with Crippen LogP contribution in [0, 0.1) is 18.8 Å². The normalized spacial score (nSPS) is 9.67. The third-order valence-corrected chi connectivity index (χ3v) is 2.75. The standard InChI is InChI=1S/C16H15NO4/c1-11-8-13(10-21-11)16(19)17-14-9-12(4-3-7-18)5-6-15(14)20-2/h5-6,8-10,18H,7H2,1-2H3,(H,17,19). The van der Waals surface area contributed by atoms with Crippen molar-refractivity contribution in [2.75, 3.05) is 19.0 Å². The number of nitrogens with one attached hydrogen (secondary N) is 1. The average Bonchev–Trinajstić information content (AvgIpc) is 2.92. The van der Waals surface area contributed by atoms with Gasteiger partial charge in [-0.1, -0.05) is 11.8 Å². The van der Waals surface area contributed by atoms with Crippen LogP contribution >= 0.6 is 0 Å². The first-order chi connectivity index (χ1) is 10.1. The van der Waals surface area contributed by atoms with Gasteiger partial charge in [-0.15, -0.1) is 0 Å². The van der Waals surface area contributed by atoms with Crippen molar-refractivity contribution >= 4 is 11.6 Å². The zero-order valence-electron chi connectivity index (χ0n) is 11.8. The molecule has 21 heavy (non-hydrogen) atoms. The number of anilines is 1. The molecule has 1 heterocycles. The second-order valence-electron chi connectivity index (χ2n) is 4.28. The van der Waals surface area contributed by atoms with Crippen LogP contribution in [0.3, 0.4) is 0 Å². The number of aliphatic hydroxyl groups excluding tert-OH is 1. The Morgan fingerprint density at radius 1 is 1.43 bits per heavy atom. The number of hydrogen-bond donors (Lipinski definition) is 2. The first-order valence-electron chi connectivity index (χ1n) is 6.28. The van der Waals surface area contributed by atoms with Crippen LogP contribution < -0.4 is 10.1 Å². The maximum Gasteiger partial charge on any atom is 0.259 e. The quantitative estimate of drug-likeness (QED) is 0.848. The summed E-state index contributed by atoms with van der Waals surface area (Å²) in [5, 5.41) is 11.5. The van der Waals surface area contributed by atoms with Crippen molar-refractivity contribution in [3.8, 4) is 17.6 Å². The fourth-order valence-electron chi connectivity index (χ4n) is 1.78. The highest BCUT2D eigenvalue weighted by atomic mass is 16.5. The average molecular weight is 285 g/mol. The maximum atomic E-state index is 12.1. The SMILES string of the molecule is COc1ccc(C#CCO)cc1NC(=O)c1coc(C)c1. The minimum atomic E-state index is -0.294. The maximum absolute atomic E-state index is 12.1. The van der Waals surface area contributed by atoms with E-state index in [1.54, 1.807) is 31.2 Å². The second kappa shape index (κ2) is 6.64. The molecule has 2 rings (SSSR count). The van der Waals surface area contributed by atoms with E-state index in [0.29, 0.717) is 28.3 Å². The molecule has 2 aromatic rings. The van der Waals surface area contributed by atoms with Crippen LogP contribution in [-0.2, 0) is 0 Å². The molecule has 5 heteroatoms. The molecule has 0 aliphatic rings. The van der Waals surface area contributed by atoms with E-state index in [1.807, 2.05) is 0 Å². The third-order valence-electron chi connectivity index (χ3n) is 2.75. The number of furan rings is 1. The van der Waals surface area contributed by atoms with E-state index in [9.17, 15) is 4.79 Å². The van der Waals surface area contributed by atoms with E-state index in [2.05, 4.69) is 17.2 Å². The van der Waals surface area contributed by atoms with Gasteiger partial charge >= 0.3 is 0 Å². The molecule has 0 spiro atoms. The smallest absolute Gasteiger partial charge is 0.259 e. The molecule has 0 fully saturated rings. The molecular weight excluding hydrogens is 270 g/mol. The number of aryl methyl sites for hydroxylation is 1. The van der Waals surface area contributed by atoms with E-state index < -0.39 is 0 Å².